The van der Waals surface area contributed by atoms with E-state index in [9.17, 15) is 4.79 Å². The Bertz CT molecular complexity index is 563. The molecule has 0 unspecified atom stereocenters. The molecule has 88 valence electrons. The molecule has 0 saturated carbocycles. The first-order valence-corrected chi connectivity index (χ1v) is 5.92. The molecule has 0 atom stereocenters. The molecule has 0 aliphatic rings. The van der Waals surface area contributed by atoms with E-state index in [4.69, 9.17) is 5.11 Å². The molecule has 0 fully saturated rings. The smallest absolute Gasteiger partial charge is 0.347 e. The molecule has 5 heteroatoms. The molecule has 2 N–H and O–H groups in total. The Hall–Kier alpha value is -1.88. The van der Waals surface area contributed by atoms with Crippen LogP contribution in [0.3, 0.4) is 0 Å². The molecule has 1 aromatic heterocycles. The van der Waals surface area contributed by atoms with Crippen LogP contribution in [-0.2, 0) is 0 Å². The number of anilines is 2. The Labute approximate surface area is 103 Å². The topological polar surface area (TPSA) is 62.2 Å². The summed E-state index contributed by atoms with van der Waals surface area (Å²) in [5.41, 5.74) is 3.28. The van der Waals surface area contributed by atoms with Gasteiger partial charge in [0.25, 0.3) is 0 Å². The molecule has 2 aromatic rings. The molecule has 0 saturated heterocycles. The van der Waals surface area contributed by atoms with E-state index >= 15 is 0 Å². The molecule has 2 rings (SSSR count). The first-order chi connectivity index (χ1) is 8.08. The van der Waals surface area contributed by atoms with Gasteiger partial charge in [-0.2, -0.15) is 0 Å². The molecular formula is C12H12N2O2S. The third kappa shape index (κ3) is 2.45. The average molecular weight is 248 g/mol. The van der Waals surface area contributed by atoms with Gasteiger partial charge in [0, 0.05) is 5.69 Å². The Morgan fingerprint density at radius 2 is 2.18 bits per heavy atom. The fraction of sp³-hybridized carbons (Fsp3) is 0.167. The maximum absolute atomic E-state index is 10.7. The van der Waals surface area contributed by atoms with E-state index < -0.39 is 5.97 Å². The van der Waals surface area contributed by atoms with Gasteiger partial charge in [-0.15, -0.1) is 0 Å². The summed E-state index contributed by atoms with van der Waals surface area (Å²) >= 11 is 1.13. The van der Waals surface area contributed by atoms with Gasteiger partial charge >= 0.3 is 5.97 Å². The molecule has 1 aromatic carbocycles. The standard InChI is InChI=1S/C12H12N2O2S/c1-7-4-3-5-9(8(7)2)14-12-13-6-10(17-12)11(15)16/h3-6H,1-2H3,(H,13,14)(H,15,16). The van der Waals surface area contributed by atoms with Crippen LogP contribution in [0.1, 0.15) is 20.8 Å². The minimum Gasteiger partial charge on any atom is -0.477 e. The van der Waals surface area contributed by atoms with E-state index in [-0.39, 0.29) is 4.88 Å². The van der Waals surface area contributed by atoms with Gasteiger partial charge in [0.15, 0.2) is 5.13 Å². The number of aryl methyl sites for hydroxylation is 1. The van der Waals surface area contributed by atoms with Crippen molar-refractivity contribution in [2.45, 2.75) is 13.8 Å². The zero-order valence-corrected chi connectivity index (χ0v) is 10.3. The van der Waals surface area contributed by atoms with Crippen LogP contribution in [0.5, 0.6) is 0 Å². The van der Waals surface area contributed by atoms with Crippen LogP contribution < -0.4 is 5.32 Å². The van der Waals surface area contributed by atoms with Gasteiger partial charge in [-0.25, -0.2) is 9.78 Å². The normalized spacial score (nSPS) is 10.2. The van der Waals surface area contributed by atoms with Gasteiger partial charge < -0.3 is 10.4 Å². The van der Waals surface area contributed by atoms with Gasteiger partial charge in [-0.05, 0) is 31.0 Å². The molecule has 4 nitrogen and oxygen atoms in total. The van der Waals surface area contributed by atoms with Crippen LogP contribution in [0.25, 0.3) is 0 Å². The van der Waals surface area contributed by atoms with Crippen LogP contribution in [-0.4, -0.2) is 16.1 Å². The summed E-state index contributed by atoms with van der Waals surface area (Å²) < 4.78 is 0. The van der Waals surface area contributed by atoms with E-state index in [1.165, 1.54) is 11.8 Å². The highest BCUT2D eigenvalue weighted by Gasteiger charge is 2.09. The quantitative estimate of drug-likeness (QED) is 0.875. The third-order valence-corrected chi connectivity index (χ3v) is 3.46. The third-order valence-electron chi connectivity index (χ3n) is 2.56. The summed E-state index contributed by atoms with van der Waals surface area (Å²) in [7, 11) is 0. The van der Waals surface area contributed by atoms with Crippen molar-refractivity contribution in [1.82, 2.24) is 4.98 Å². The van der Waals surface area contributed by atoms with Crippen molar-refractivity contribution in [2.75, 3.05) is 5.32 Å². The highest BCUT2D eigenvalue weighted by molar-refractivity contribution is 7.17. The molecular weight excluding hydrogens is 236 g/mol. The minimum absolute atomic E-state index is 0.234. The highest BCUT2D eigenvalue weighted by Crippen LogP contribution is 2.25. The lowest BCUT2D eigenvalue weighted by atomic mass is 10.1. The van der Waals surface area contributed by atoms with Crippen molar-refractivity contribution in [3.05, 3.63) is 40.4 Å². The number of nitrogens with zero attached hydrogens (tertiary/aromatic N) is 1. The maximum Gasteiger partial charge on any atom is 0.347 e. The predicted octanol–water partition coefficient (Wildman–Crippen LogP) is 3.20. The Morgan fingerprint density at radius 1 is 1.41 bits per heavy atom. The summed E-state index contributed by atoms with van der Waals surface area (Å²) in [6, 6.07) is 5.94. The summed E-state index contributed by atoms with van der Waals surface area (Å²) in [5, 5.41) is 12.5. The first kappa shape index (κ1) is 11.6. The number of aromatic carboxylic acids is 1. The maximum atomic E-state index is 10.7. The minimum atomic E-state index is -0.948. The number of aromatic nitrogens is 1. The van der Waals surface area contributed by atoms with Crippen molar-refractivity contribution in [3.63, 3.8) is 0 Å². The van der Waals surface area contributed by atoms with Crippen molar-refractivity contribution in [2.24, 2.45) is 0 Å². The van der Waals surface area contributed by atoms with E-state index in [0.29, 0.717) is 5.13 Å². The highest BCUT2D eigenvalue weighted by atomic mass is 32.1. The second-order valence-electron chi connectivity index (χ2n) is 3.71. The summed E-state index contributed by atoms with van der Waals surface area (Å²) in [6.45, 7) is 4.05. The molecule has 0 bridgehead atoms. The molecule has 0 radical (unpaired) electrons. The van der Waals surface area contributed by atoms with Crippen LogP contribution in [0, 0.1) is 13.8 Å². The van der Waals surface area contributed by atoms with Gasteiger partial charge in [-0.3, -0.25) is 0 Å². The number of benzene rings is 1. The molecule has 0 aliphatic carbocycles. The van der Waals surface area contributed by atoms with Crippen molar-refractivity contribution in [3.8, 4) is 0 Å². The fourth-order valence-electron chi connectivity index (χ4n) is 1.43. The van der Waals surface area contributed by atoms with Crippen molar-refractivity contribution < 1.29 is 9.90 Å². The average Bonchev–Trinajstić information content (AvgIpc) is 2.73. The van der Waals surface area contributed by atoms with Crippen molar-refractivity contribution >= 4 is 28.1 Å². The summed E-state index contributed by atoms with van der Waals surface area (Å²) in [5.74, 6) is -0.948. The monoisotopic (exact) mass is 248 g/mol. The number of hydrogen-bond acceptors (Lipinski definition) is 4. The SMILES string of the molecule is Cc1cccc(Nc2ncc(C(=O)O)s2)c1C. The molecule has 17 heavy (non-hydrogen) atoms. The zero-order valence-electron chi connectivity index (χ0n) is 9.52. The molecule has 0 aliphatic heterocycles. The fourth-order valence-corrected chi connectivity index (χ4v) is 2.10. The second kappa shape index (κ2) is 4.55. The van der Waals surface area contributed by atoms with E-state index in [2.05, 4.69) is 10.3 Å². The lowest BCUT2D eigenvalue weighted by Crippen LogP contribution is -1.93. The van der Waals surface area contributed by atoms with Gasteiger partial charge in [0.2, 0.25) is 0 Å². The number of nitrogens with one attached hydrogen (secondary N) is 1. The van der Waals surface area contributed by atoms with Crippen molar-refractivity contribution in [1.29, 1.82) is 0 Å². The van der Waals surface area contributed by atoms with Crippen LogP contribution in [0.15, 0.2) is 24.4 Å². The Balaban J connectivity index is 2.25. The molecule has 0 amide bonds. The molecule has 0 spiro atoms. The van der Waals surface area contributed by atoms with Gasteiger partial charge in [0.1, 0.15) is 4.88 Å². The predicted molar refractivity (Wildman–Crippen MR) is 68.3 cm³/mol. The Morgan fingerprint density at radius 3 is 2.82 bits per heavy atom. The van der Waals surface area contributed by atoms with Gasteiger partial charge in [0.05, 0.1) is 6.20 Å². The Kier molecular flexibility index (Phi) is 3.10. The number of carboxylic acid groups (broad SMARTS) is 1. The molecule has 1 heterocycles. The lowest BCUT2D eigenvalue weighted by Gasteiger charge is -2.08. The van der Waals surface area contributed by atoms with Gasteiger partial charge in [-0.1, -0.05) is 23.5 Å². The van der Waals surface area contributed by atoms with E-state index in [0.717, 1.165) is 22.6 Å². The number of rotatable bonds is 3. The second-order valence-corrected chi connectivity index (χ2v) is 4.74. The van der Waals surface area contributed by atoms with Crippen LogP contribution >= 0.6 is 11.3 Å². The lowest BCUT2D eigenvalue weighted by molar-refractivity contribution is 0.0702. The number of thiazole rings is 1. The van der Waals surface area contributed by atoms with Crippen LogP contribution in [0.2, 0.25) is 0 Å². The number of hydrogen-bond donors (Lipinski definition) is 2. The van der Waals surface area contributed by atoms with Crippen LogP contribution in [0.4, 0.5) is 10.8 Å². The number of carbonyl (C=O) groups is 1. The first-order valence-electron chi connectivity index (χ1n) is 5.10. The summed E-state index contributed by atoms with van der Waals surface area (Å²) in [6.07, 6.45) is 1.36. The largest absolute Gasteiger partial charge is 0.477 e. The van der Waals surface area contributed by atoms with E-state index in [1.54, 1.807) is 0 Å². The summed E-state index contributed by atoms with van der Waals surface area (Å²) in [4.78, 5) is 15.0. The number of carboxylic acids is 1. The van der Waals surface area contributed by atoms with E-state index in [1.807, 2.05) is 32.0 Å². The zero-order chi connectivity index (χ0) is 12.4.